The minimum absolute atomic E-state index is 0.00257. The summed E-state index contributed by atoms with van der Waals surface area (Å²) in [5.41, 5.74) is -2.09. The molecule has 0 spiro atoms. The van der Waals surface area contributed by atoms with Gasteiger partial charge < -0.3 is 20.5 Å². The van der Waals surface area contributed by atoms with Crippen LogP contribution in [0, 0.1) is 0 Å². The van der Waals surface area contributed by atoms with Gasteiger partial charge in [0, 0.05) is 35.7 Å². The second kappa shape index (κ2) is 15.1. The van der Waals surface area contributed by atoms with Gasteiger partial charge in [0.2, 0.25) is 5.91 Å². The number of nitrogens with zero attached hydrogens (tertiary/aromatic N) is 1. The van der Waals surface area contributed by atoms with Crippen LogP contribution in [0.5, 0.6) is 0 Å². The average molecular weight is 859 g/mol. The van der Waals surface area contributed by atoms with Crippen molar-refractivity contribution < 1.29 is 53.3 Å². The van der Waals surface area contributed by atoms with Crippen LogP contribution in [0.2, 0.25) is 0 Å². The fourth-order valence-electron chi connectivity index (χ4n) is 6.87. The van der Waals surface area contributed by atoms with Crippen molar-refractivity contribution in [2.24, 2.45) is 7.05 Å². The van der Waals surface area contributed by atoms with E-state index in [0.717, 1.165) is 28.3 Å². The maximum atomic E-state index is 14.4. The molecule has 0 fully saturated rings. The first kappa shape index (κ1) is 40.8. The van der Waals surface area contributed by atoms with Gasteiger partial charge >= 0.3 is 0 Å². The fraction of sp³-hybridized carbons (Fsp3) is 0.0769. The normalized spacial score (nSPS) is 12.6. The summed E-state index contributed by atoms with van der Waals surface area (Å²) in [4.78, 5) is 53.0. The van der Waals surface area contributed by atoms with Crippen molar-refractivity contribution in [2.75, 3.05) is 17.2 Å². The van der Waals surface area contributed by atoms with Gasteiger partial charge in [-0.15, -0.1) is 0 Å². The van der Waals surface area contributed by atoms with Gasteiger partial charge in [0.05, 0.1) is 45.1 Å². The van der Waals surface area contributed by atoms with Crippen molar-refractivity contribution in [3.63, 3.8) is 0 Å². The van der Waals surface area contributed by atoms with Gasteiger partial charge in [0.15, 0.2) is 11.6 Å². The van der Waals surface area contributed by atoms with E-state index in [9.17, 15) is 58.1 Å². The number of ketones is 2. The van der Waals surface area contributed by atoms with Gasteiger partial charge in [0.1, 0.15) is 9.79 Å². The van der Waals surface area contributed by atoms with E-state index < -0.39 is 85.0 Å². The summed E-state index contributed by atoms with van der Waals surface area (Å²) in [6.45, 7) is -0.123. The monoisotopic (exact) mass is 858 g/mol. The van der Waals surface area contributed by atoms with E-state index in [1.54, 1.807) is 36.4 Å². The molecule has 0 bridgehead atoms. The molecule has 0 radical (unpaired) electrons. The minimum Gasteiger partial charge on any atom is -0.354 e. The van der Waals surface area contributed by atoms with Crippen LogP contribution in [0.4, 0.5) is 17.1 Å². The van der Waals surface area contributed by atoms with E-state index in [1.165, 1.54) is 49.5 Å². The molecule has 0 unspecified atom stereocenters. The third kappa shape index (κ3) is 7.80. The van der Waals surface area contributed by atoms with E-state index in [-0.39, 0.29) is 57.5 Å². The van der Waals surface area contributed by atoms with Crippen LogP contribution in [0.25, 0.3) is 22.0 Å². The molecule has 302 valence electrons. The number of amides is 1. The summed E-state index contributed by atoms with van der Waals surface area (Å²) in [5.74, 6) is -2.45. The van der Waals surface area contributed by atoms with Crippen molar-refractivity contribution in [1.29, 1.82) is 0 Å². The molecule has 7 rings (SSSR count). The highest BCUT2D eigenvalue weighted by molar-refractivity contribution is 7.87. The molecule has 0 atom stereocenters. The molecule has 59 heavy (non-hydrogen) atoms. The highest BCUT2D eigenvalue weighted by Gasteiger charge is 2.35. The number of rotatable bonds is 12. The molecule has 1 aliphatic rings. The van der Waals surface area contributed by atoms with Gasteiger partial charge in [-0.05, 0) is 47.5 Å². The van der Waals surface area contributed by atoms with Crippen LogP contribution in [-0.4, -0.2) is 67.5 Å². The Bertz CT molecular complexity index is 3200. The van der Waals surface area contributed by atoms with Gasteiger partial charge in [-0.2, -0.15) is 25.3 Å². The van der Waals surface area contributed by atoms with Crippen LogP contribution in [0.3, 0.4) is 0 Å². The van der Waals surface area contributed by atoms with E-state index in [4.69, 9.17) is 0 Å². The number of hydrogen-bond donors (Lipinski definition) is 6. The van der Waals surface area contributed by atoms with E-state index >= 15 is 0 Å². The third-order valence-electron chi connectivity index (χ3n) is 9.49. The molecule has 5 aromatic carbocycles. The number of nitrogens with one attached hydrogen (secondary N) is 3. The zero-order valence-electron chi connectivity index (χ0n) is 30.3. The Morgan fingerprint density at radius 3 is 1.97 bits per heavy atom. The number of hydrogen-bond acceptors (Lipinski definition) is 12. The Labute approximate surface area is 335 Å². The number of aryl methyl sites for hydroxylation is 1. The number of benzene rings is 5. The first-order valence-corrected chi connectivity index (χ1v) is 21.5. The number of pyridine rings is 1. The Morgan fingerprint density at radius 2 is 1.31 bits per heavy atom. The lowest BCUT2D eigenvalue weighted by Gasteiger charge is -2.26. The fourth-order valence-corrected chi connectivity index (χ4v) is 8.78. The second-order valence-electron chi connectivity index (χ2n) is 13.3. The molecular weight excluding hydrogens is 829 g/mol. The lowest BCUT2D eigenvalue weighted by Crippen LogP contribution is -2.29. The number of aromatic nitrogens is 1. The Hall–Kier alpha value is -6.39. The van der Waals surface area contributed by atoms with E-state index in [2.05, 4.69) is 16.0 Å². The maximum Gasteiger partial charge on any atom is 0.296 e. The molecule has 1 aliphatic carbocycles. The second-order valence-corrected chi connectivity index (χ2v) is 17.5. The quantitative estimate of drug-likeness (QED) is 0.0743. The summed E-state index contributed by atoms with van der Waals surface area (Å²) in [5, 5.41) is 7.95. The standard InChI is InChI=1S/C39H30N4O13S3/c1-43-29-15-14-26(41-27-17-28(31(59(54,55)56)18-30(27)58(51,52)53)42-32(44)20-40-19-21-8-3-2-4-9-21)34-35(29)33(24-12-5-6-13-25(24)38(34)46)36(39(43)47)37(45)22-10-7-11-23(16-22)57(48,49)50/h2-18,40-41H,19-20H2,1H3,(H,42,44)(H,48,49,50)(H,51,52,53)(H,54,55,56). The molecule has 0 saturated heterocycles. The lowest BCUT2D eigenvalue weighted by atomic mass is 9.80. The molecular formula is C39H30N4O13S3. The molecule has 6 aromatic rings. The summed E-state index contributed by atoms with van der Waals surface area (Å²) >= 11 is 0. The number of carbonyl (C=O) groups is 3. The largest absolute Gasteiger partial charge is 0.354 e. The van der Waals surface area contributed by atoms with Gasteiger partial charge in [-0.25, -0.2) is 0 Å². The number of carbonyl (C=O) groups excluding carboxylic acids is 3. The topological polar surface area (TPSA) is 272 Å². The third-order valence-corrected chi connectivity index (χ3v) is 12.1. The lowest BCUT2D eigenvalue weighted by molar-refractivity contribution is -0.115. The van der Waals surface area contributed by atoms with Crippen LogP contribution in [-0.2, 0) is 48.7 Å². The SMILES string of the molecule is Cn1c(=O)c(C(=O)c2cccc(S(=O)(=O)O)c2)c2c3c(c(Nc4cc(NC(=O)CNCc5ccccc5)c(S(=O)(=O)O)cc4S(=O)(=O)O)ccc31)C(=O)c1ccccc1-2. The number of anilines is 3. The predicted molar refractivity (Wildman–Crippen MR) is 214 cm³/mol. The molecule has 0 aliphatic heterocycles. The zero-order valence-corrected chi connectivity index (χ0v) is 32.8. The van der Waals surface area contributed by atoms with Crippen molar-refractivity contribution in [3.05, 3.63) is 141 Å². The molecule has 1 aromatic heterocycles. The van der Waals surface area contributed by atoms with Crippen LogP contribution in [0.1, 0.15) is 37.4 Å². The Kier molecular flexibility index (Phi) is 10.4. The van der Waals surface area contributed by atoms with Crippen molar-refractivity contribution in [1.82, 2.24) is 9.88 Å². The van der Waals surface area contributed by atoms with Gasteiger partial charge in [0.25, 0.3) is 35.9 Å². The summed E-state index contributed by atoms with van der Waals surface area (Å²) in [7, 11) is -14.0. The Balaban J connectivity index is 1.41. The van der Waals surface area contributed by atoms with Crippen molar-refractivity contribution >= 4 is 75.8 Å². The number of fused-ring (bicyclic) bond motifs is 2. The molecule has 1 heterocycles. The van der Waals surface area contributed by atoms with Crippen molar-refractivity contribution in [3.8, 4) is 11.1 Å². The molecule has 1 amide bonds. The predicted octanol–water partition coefficient (Wildman–Crippen LogP) is 4.19. The van der Waals surface area contributed by atoms with Crippen LogP contribution >= 0.6 is 0 Å². The maximum absolute atomic E-state index is 14.4. The first-order valence-electron chi connectivity index (χ1n) is 17.2. The Morgan fingerprint density at radius 1 is 0.661 bits per heavy atom. The highest BCUT2D eigenvalue weighted by atomic mass is 32.2. The highest BCUT2D eigenvalue weighted by Crippen LogP contribution is 2.45. The van der Waals surface area contributed by atoms with Gasteiger partial charge in [-0.3, -0.25) is 32.8 Å². The minimum atomic E-state index is -5.32. The van der Waals surface area contributed by atoms with Gasteiger partial charge in [-0.1, -0.05) is 66.7 Å². The van der Waals surface area contributed by atoms with E-state index in [1.807, 2.05) is 0 Å². The molecule has 20 heteroatoms. The van der Waals surface area contributed by atoms with Crippen LogP contribution in [0.15, 0.2) is 123 Å². The smallest absolute Gasteiger partial charge is 0.296 e. The average Bonchev–Trinajstić information content (AvgIpc) is 3.17. The zero-order chi connectivity index (χ0) is 42.6. The molecule has 17 nitrogen and oxygen atoms in total. The first-order chi connectivity index (χ1) is 27.8. The van der Waals surface area contributed by atoms with Crippen LogP contribution < -0.4 is 21.5 Å². The molecule has 0 saturated carbocycles. The summed E-state index contributed by atoms with van der Waals surface area (Å²) < 4.78 is 105. The summed E-state index contributed by atoms with van der Waals surface area (Å²) in [6, 6.07) is 23.2. The molecule has 6 N–H and O–H groups in total. The van der Waals surface area contributed by atoms with Crippen molar-refractivity contribution in [2.45, 2.75) is 21.2 Å². The van der Waals surface area contributed by atoms with E-state index in [0.29, 0.717) is 6.07 Å². The summed E-state index contributed by atoms with van der Waals surface area (Å²) in [6.07, 6.45) is 0.